The number of amides is 1. The first kappa shape index (κ1) is 15.5. The van der Waals surface area contributed by atoms with E-state index in [1.54, 1.807) is 0 Å². The van der Waals surface area contributed by atoms with Crippen LogP contribution in [0.1, 0.15) is 5.56 Å². The van der Waals surface area contributed by atoms with Crippen LogP contribution in [0.25, 0.3) is 0 Å². The van der Waals surface area contributed by atoms with Gasteiger partial charge < -0.3 is 5.32 Å². The summed E-state index contributed by atoms with van der Waals surface area (Å²) in [5.41, 5.74) is 0.0821. The normalized spacial score (nSPS) is 24.6. The third-order valence-electron chi connectivity index (χ3n) is 3.03. The Bertz CT molecular complexity index is 615. The predicted octanol–water partition coefficient (Wildman–Crippen LogP) is 1.54. The molecule has 0 spiro atoms. The van der Waals surface area contributed by atoms with Crippen LogP contribution in [0.3, 0.4) is 0 Å². The average Bonchev–Trinajstić information content (AvgIpc) is 2.57. The smallest absolute Gasteiger partial charge is 0.224 e. The summed E-state index contributed by atoms with van der Waals surface area (Å²) in [7, 11) is -3.23. The van der Waals surface area contributed by atoms with Crippen LogP contribution >= 0.6 is 23.2 Å². The van der Waals surface area contributed by atoms with Crippen molar-refractivity contribution in [3.63, 3.8) is 0 Å². The van der Waals surface area contributed by atoms with Crippen molar-refractivity contribution in [3.8, 4) is 0 Å². The van der Waals surface area contributed by atoms with Crippen molar-refractivity contribution >= 4 is 38.9 Å². The molecule has 2 rings (SSSR count). The quantitative estimate of drug-likeness (QED) is 0.849. The second kappa shape index (κ2) is 5.87. The zero-order chi connectivity index (χ0) is 14.9. The van der Waals surface area contributed by atoms with Gasteiger partial charge in [0.2, 0.25) is 5.91 Å². The summed E-state index contributed by atoms with van der Waals surface area (Å²) in [6, 6.07) is 3.48. The van der Waals surface area contributed by atoms with Gasteiger partial charge in [-0.05, 0) is 12.1 Å². The van der Waals surface area contributed by atoms with E-state index < -0.39 is 33.0 Å². The molecule has 110 valence electrons. The molecule has 0 aromatic heterocycles. The number of nitrogens with one attached hydrogen (secondary N) is 1. The molecule has 0 saturated carbocycles. The second-order valence-corrected chi connectivity index (χ2v) is 7.77. The van der Waals surface area contributed by atoms with Crippen molar-refractivity contribution in [1.29, 1.82) is 0 Å². The van der Waals surface area contributed by atoms with Crippen LogP contribution in [-0.4, -0.2) is 37.2 Å². The fourth-order valence-electron chi connectivity index (χ4n) is 2.06. The molecular formula is C12H12Cl2FNO3S. The lowest BCUT2D eigenvalue weighted by Crippen LogP contribution is -2.41. The maximum atomic E-state index is 13.5. The molecule has 8 heteroatoms. The van der Waals surface area contributed by atoms with Crippen LogP contribution in [0.2, 0.25) is 5.02 Å². The van der Waals surface area contributed by atoms with Crippen LogP contribution in [0, 0.1) is 5.82 Å². The number of carbonyl (C=O) groups is 1. The van der Waals surface area contributed by atoms with Gasteiger partial charge in [-0.3, -0.25) is 4.79 Å². The highest BCUT2D eigenvalue weighted by Gasteiger charge is 2.37. The van der Waals surface area contributed by atoms with Gasteiger partial charge in [0.05, 0.1) is 29.3 Å². The lowest BCUT2D eigenvalue weighted by atomic mass is 10.1. The highest BCUT2D eigenvalue weighted by Crippen LogP contribution is 2.21. The fourth-order valence-corrected chi connectivity index (χ4v) is 4.84. The Labute approximate surface area is 126 Å². The molecule has 4 nitrogen and oxygen atoms in total. The molecule has 1 aromatic carbocycles. The van der Waals surface area contributed by atoms with Crippen molar-refractivity contribution in [2.24, 2.45) is 0 Å². The minimum Gasteiger partial charge on any atom is -0.351 e. The first-order valence-corrected chi connectivity index (χ1v) is 8.49. The van der Waals surface area contributed by atoms with Gasteiger partial charge in [0.25, 0.3) is 0 Å². The highest BCUT2D eigenvalue weighted by atomic mass is 35.5. The zero-order valence-electron chi connectivity index (χ0n) is 10.3. The number of benzene rings is 1. The van der Waals surface area contributed by atoms with E-state index in [4.69, 9.17) is 23.2 Å². The topological polar surface area (TPSA) is 63.2 Å². The van der Waals surface area contributed by atoms with E-state index in [1.807, 2.05) is 0 Å². The van der Waals surface area contributed by atoms with E-state index in [0.717, 1.165) is 0 Å². The predicted molar refractivity (Wildman–Crippen MR) is 75.3 cm³/mol. The number of carbonyl (C=O) groups excluding carboxylic acids is 1. The van der Waals surface area contributed by atoms with Gasteiger partial charge in [0.1, 0.15) is 5.82 Å². The monoisotopic (exact) mass is 339 g/mol. The van der Waals surface area contributed by atoms with Gasteiger partial charge in [0.15, 0.2) is 9.84 Å². The van der Waals surface area contributed by atoms with E-state index in [9.17, 15) is 17.6 Å². The molecule has 1 N–H and O–H groups in total. The SMILES string of the molecule is O=C(Cc1c(F)cccc1Cl)N[C@H]1CS(=O)(=O)C[C@H]1Cl. The highest BCUT2D eigenvalue weighted by molar-refractivity contribution is 7.91. The number of halogens is 3. The number of hydrogen-bond donors (Lipinski definition) is 1. The molecule has 1 heterocycles. The van der Waals surface area contributed by atoms with Crippen molar-refractivity contribution in [2.75, 3.05) is 11.5 Å². The van der Waals surface area contributed by atoms with E-state index in [2.05, 4.69) is 5.32 Å². The molecule has 1 saturated heterocycles. The van der Waals surface area contributed by atoms with E-state index in [0.29, 0.717) is 0 Å². The van der Waals surface area contributed by atoms with E-state index in [-0.39, 0.29) is 28.5 Å². The Morgan fingerprint density at radius 3 is 2.65 bits per heavy atom. The zero-order valence-corrected chi connectivity index (χ0v) is 12.6. The summed E-state index contributed by atoms with van der Waals surface area (Å²) in [5, 5.41) is 2.00. The molecule has 2 atom stereocenters. The molecule has 0 radical (unpaired) electrons. The van der Waals surface area contributed by atoms with Crippen LogP contribution in [0.5, 0.6) is 0 Å². The van der Waals surface area contributed by atoms with Gasteiger partial charge in [-0.1, -0.05) is 17.7 Å². The average molecular weight is 340 g/mol. The van der Waals surface area contributed by atoms with Gasteiger partial charge in [-0.15, -0.1) is 11.6 Å². The van der Waals surface area contributed by atoms with E-state index >= 15 is 0 Å². The van der Waals surface area contributed by atoms with Crippen molar-refractivity contribution in [3.05, 3.63) is 34.6 Å². The van der Waals surface area contributed by atoms with Gasteiger partial charge in [-0.25, -0.2) is 12.8 Å². The Kier molecular flexibility index (Phi) is 4.56. The van der Waals surface area contributed by atoms with Crippen molar-refractivity contribution < 1.29 is 17.6 Å². The van der Waals surface area contributed by atoms with Gasteiger partial charge >= 0.3 is 0 Å². The molecule has 1 aliphatic rings. The minimum absolute atomic E-state index is 0.0821. The fraction of sp³-hybridized carbons (Fsp3) is 0.417. The van der Waals surface area contributed by atoms with Crippen LogP contribution < -0.4 is 5.32 Å². The van der Waals surface area contributed by atoms with Crippen LogP contribution in [0.4, 0.5) is 4.39 Å². The first-order chi connectivity index (χ1) is 9.28. The maximum Gasteiger partial charge on any atom is 0.224 e. The number of hydrogen-bond acceptors (Lipinski definition) is 3. The molecule has 0 aliphatic carbocycles. The Balaban J connectivity index is 2.04. The summed E-state index contributed by atoms with van der Waals surface area (Å²) < 4.78 is 36.3. The Hall–Kier alpha value is -0.850. The molecule has 1 amide bonds. The summed E-state index contributed by atoms with van der Waals surface area (Å²) in [5.74, 6) is -1.45. The number of alkyl halides is 1. The third-order valence-corrected chi connectivity index (χ3v) is 5.76. The summed E-state index contributed by atoms with van der Waals surface area (Å²) in [4.78, 5) is 11.8. The summed E-state index contributed by atoms with van der Waals surface area (Å²) >= 11 is 11.7. The second-order valence-electron chi connectivity index (χ2n) is 4.64. The third kappa shape index (κ3) is 3.62. The molecule has 0 bridgehead atoms. The van der Waals surface area contributed by atoms with Crippen molar-refractivity contribution in [1.82, 2.24) is 5.32 Å². The van der Waals surface area contributed by atoms with Gasteiger partial charge in [-0.2, -0.15) is 0 Å². The minimum atomic E-state index is -3.23. The van der Waals surface area contributed by atoms with Crippen LogP contribution in [-0.2, 0) is 21.1 Å². The largest absolute Gasteiger partial charge is 0.351 e. The Morgan fingerprint density at radius 1 is 1.40 bits per heavy atom. The molecule has 1 fully saturated rings. The lowest BCUT2D eigenvalue weighted by molar-refractivity contribution is -0.121. The lowest BCUT2D eigenvalue weighted by Gasteiger charge is -2.14. The molecule has 20 heavy (non-hydrogen) atoms. The Morgan fingerprint density at radius 2 is 2.10 bits per heavy atom. The molecule has 1 aromatic rings. The van der Waals surface area contributed by atoms with Crippen LogP contribution in [0.15, 0.2) is 18.2 Å². The first-order valence-electron chi connectivity index (χ1n) is 5.85. The van der Waals surface area contributed by atoms with Crippen molar-refractivity contribution in [2.45, 2.75) is 17.8 Å². The molecular weight excluding hydrogens is 328 g/mol. The number of sulfone groups is 1. The number of rotatable bonds is 3. The summed E-state index contributed by atoms with van der Waals surface area (Å²) in [6.07, 6.45) is -0.258. The standard InChI is InChI=1S/C12H12Cl2FNO3S/c13-8-2-1-3-10(15)7(8)4-12(17)16-11-6-20(18,19)5-9(11)14/h1-3,9,11H,4-6H2,(H,16,17)/t9-,11+/m1/s1. The summed E-state index contributed by atoms with van der Waals surface area (Å²) in [6.45, 7) is 0. The molecule has 0 unspecified atom stereocenters. The molecule has 1 aliphatic heterocycles. The van der Waals surface area contributed by atoms with Gasteiger partial charge in [0, 0.05) is 10.6 Å². The maximum absolute atomic E-state index is 13.5. The van der Waals surface area contributed by atoms with E-state index in [1.165, 1.54) is 18.2 Å².